The lowest BCUT2D eigenvalue weighted by Crippen LogP contribution is -3.00. The van der Waals surface area contributed by atoms with Crippen LogP contribution in [0.5, 0.6) is 0 Å². The van der Waals surface area contributed by atoms with Gasteiger partial charge in [0.2, 0.25) is 0 Å². The SMILES string of the molecule is C=CN1C=C[N+](C)(c2ccccc2)C1.[Br-]. The van der Waals surface area contributed by atoms with Crippen molar-refractivity contribution in [2.24, 2.45) is 0 Å². The van der Waals surface area contributed by atoms with Crippen molar-refractivity contribution in [2.75, 3.05) is 13.7 Å². The van der Waals surface area contributed by atoms with Crippen molar-refractivity contribution in [3.05, 3.63) is 55.5 Å². The minimum Gasteiger partial charge on any atom is -1.00 e. The fraction of sp³-hybridized carbons (Fsp3) is 0.167. The fourth-order valence-corrected chi connectivity index (χ4v) is 1.72. The molecule has 15 heavy (non-hydrogen) atoms. The molecule has 3 heteroatoms. The summed E-state index contributed by atoms with van der Waals surface area (Å²) in [5.41, 5.74) is 1.30. The van der Waals surface area contributed by atoms with E-state index in [4.69, 9.17) is 0 Å². The monoisotopic (exact) mass is 266 g/mol. The molecule has 80 valence electrons. The van der Waals surface area contributed by atoms with E-state index in [0.717, 1.165) is 11.2 Å². The minimum absolute atomic E-state index is 0. The van der Waals surface area contributed by atoms with Crippen LogP contribution in [0.25, 0.3) is 0 Å². The molecule has 0 saturated heterocycles. The Hall–Kier alpha value is -1.06. The largest absolute Gasteiger partial charge is 1.00 e. The van der Waals surface area contributed by atoms with E-state index >= 15 is 0 Å². The van der Waals surface area contributed by atoms with Crippen LogP contribution in [0, 0.1) is 0 Å². The molecule has 0 aliphatic carbocycles. The smallest absolute Gasteiger partial charge is 0.166 e. The molecule has 1 heterocycles. The predicted octanol–water partition coefficient (Wildman–Crippen LogP) is -0.484. The summed E-state index contributed by atoms with van der Waals surface area (Å²) in [6, 6.07) is 10.5. The second-order valence-electron chi connectivity index (χ2n) is 3.74. The quantitative estimate of drug-likeness (QED) is 0.654. The Morgan fingerprint density at radius 2 is 2.00 bits per heavy atom. The number of benzene rings is 1. The zero-order chi connectivity index (χ0) is 10.0. The van der Waals surface area contributed by atoms with Crippen LogP contribution in [0.4, 0.5) is 5.69 Å². The molecule has 1 aliphatic heterocycles. The molecule has 1 aromatic rings. The molecular formula is C12H15BrN2. The molecule has 0 N–H and O–H groups in total. The molecule has 0 aromatic heterocycles. The van der Waals surface area contributed by atoms with Crippen LogP contribution >= 0.6 is 0 Å². The lowest BCUT2D eigenvalue weighted by Gasteiger charge is -2.26. The second-order valence-corrected chi connectivity index (χ2v) is 3.74. The van der Waals surface area contributed by atoms with Crippen molar-refractivity contribution in [1.82, 2.24) is 9.38 Å². The summed E-state index contributed by atoms with van der Waals surface area (Å²) >= 11 is 0. The highest BCUT2D eigenvalue weighted by Gasteiger charge is 2.28. The van der Waals surface area contributed by atoms with Crippen molar-refractivity contribution in [3.8, 4) is 0 Å². The van der Waals surface area contributed by atoms with Gasteiger partial charge in [-0.3, -0.25) is 0 Å². The van der Waals surface area contributed by atoms with Crippen molar-refractivity contribution in [1.29, 1.82) is 0 Å². The number of hydrogen-bond acceptors (Lipinski definition) is 1. The van der Waals surface area contributed by atoms with Gasteiger partial charge in [0.25, 0.3) is 0 Å². The molecule has 0 amide bonds. The summed E-state index contributed by atoms with van der Waals surface area (Å²) < 4.78 is 0.812. The highest BCUT2D eigenvalue weighted by Crippen LogP contribution is 2.25. The van der Waals surface area contributed by atoms with Crippen LogP contribution in [0.1, 0.15) is 0 Å². The Labute approximate surface area is 101 Å². The number of rotatable bonds is 2. The van der Waals surface area contributed by atoms with Gasteiger partial charge in [0.1, 0.15) is 11.9 Å². The van der Waals surface area contributed by atoms with E-state index in [-0.39, 0.29) is 17.0 Å². The van der Waals surface area contributed by atoms with Crippen LogP contribution in [-0.2, 0) is 0 Å². The first-order valence-corrected chi connectivity index (χ1v) is 4.73. The number of hydrogen-bond donors (Lipinski definition) is 0. The molecule has 2 rings (SSSR count). The normalized spacial score (nSPS) is 23.7. The summed E-state index contributed by atoms with van der Waals surface area (Å²) in [6.45, 7) is 4.69. The van der Waals surface area contributed by atoms with Gasteiger partial charge in [0.05, 0.1) is 13.2 Å². The predicted molar refractivity (Wildman–Crippen MR) is 60.2 cm³/mol. The van der Waals surface area contributed by atoms with Gasteiger partial charge in [-0.05, 0) is 12.1 Å². The Morgan fingerprint density at radius 3 is 2.53 bits per heavy atom. The third kappa shape index (κ3) is 2.30. The molecular weight excluding hydrogens is 252 g/mol. The van der Waals surface area contributed by atoms with E-state index in [1.54, 1.807) is 0 Å². The highest BCUT2D eigenvalue weighted by atomic mass is 79.9. The van der Waals surface area contributed by atoms with Crippen molar-refractivity contribution < 1.29 is 17.0 Å². The molecule has 1 aliphatic rings. The topological polar surface area (TPSA) is 3.24 Å². The van der Waals surface area contributed by atoms with Gasteiger partial charge in [-0.25, -0.2) is 4.48 Å². The number of halogens is 1. The maximum atomic E-state index is 3.77. The average molecular weight is 267 g/mol. The van der Waals surface area contributed by atoms with Gasteiger partial charge in [-0.15, -0.1) is 0 Å². The first-order valence-electron chi connectivity index (χ1n) is 4.73. The van der Waals surface area contributed by atoms with Gasteiger partial charge in [0, 0.05) is 6.20 Å². The first-order chi connectivity index (χ1) is 6.74. The number of para-hydroxylation sites is 1. The Bertz CT molecular complexity index is 361. The molecule has 0 spiro atoms. The molecule has 2 nitrogen and oxygen atoms in total. The van der Waals surface area contributed by atoms with Crippen LogP contribution in [0.15, 0.2) is 55.5 Å². The van der Waals surface area contributed by atoms with E-state index in [2.05, 4.69) is 55.2 Å². The summed E-state index contributed by atoms with van der Waals surface area (Å²) in [4.78, 5) is 2.09. The molecule has 0 fully saturated rings. The zero-order valence-corrected chi connectivity index (χ0v) is 10.4. The first kappa shape index (κ1) is 12.0. The molecule has 1 unspecified atom stereocenters. The fourth-order valence-electron chi connectivity index (χ4n) is 1.72. The Balaban J connectivity index is 0.00000112. The maximum absolute atomic E-state index is 3.77. The van der Waals surface area contributed by atoms with Crippen LogP contribution in [0.3, 0.4) is 0 Å². The third-order valence-corrected chi connectivity index (χ3v) is 2.62. The van der Waals surface area contributed by atoms with Gasteiger partial charge in [0.15, 0.2) is 6.67 Å². The summed E-state index contributed by atoms with van der Waals surface area (Å²) in [5.74, 6) is 0. The van der Waals surface area contributed by atoms with E-state index in [0.29, 0.717) is 0 Å². The number of quaternary nitrogens is 1. The van der Waals surface area contributed by atoms with E-state index in [9.17, 15) is 0 Å². The highest BCUT2D eigenvalue weighted by molar-refractivity contribution is 5.45. The molecule has 0 saturated carbocycles. The maximum Gasteiger partial charge on any atom is 0.166 e. The van der Waals surface area contributed by atoms with E-state index in [1.165, 1.54) is 5.69 Å². The van der Waals surface area contributed by atoms with Crippen LogP contribution in [0.2, 0.25) is 0 Å². The lowest BCUT2D eigenvalue weighted by atomic mass is 10.3. The zero-order valence-electron chi connectivity index (χ0n) is 8.81. The third-order valence-electron chi connectivity index (χ3n) is 2.62. The van der Waals surface area contributed by atoms with Gasteiger partial charge in [-0.2, -0.15) is 0 Å². The summed E-state index contributed by atoms with van der Waals surface area (Å²) in [5, 5.41) is 0. The summed E-state index contributed by atoms with van der Waals surface area (Å²) in [7, 11) is 2.19. The van der Waals surface area contributed by atoms with Gasteiger partial charge >= 0.3 is 0 Å². The molecule has 0 radical (unpaired) electrons. The molecule has 1 atom stereocenters. The van der Waals surface area contributed by atoms with Crippen molar-refractivity contribution in [2.45, 2.75) is 0 Å². The van der Waals surface area contributed by atoms with Crippen LogP contribution < -0.4 is 21.5 Å². The lowest BCUT2D eigenvalue weighted by molar-refractivity contribution is -0.00000288. The Kier molecular flexibility index (Phi) is 3.72. The van der Waals surface area contributed by atoms with Gasteiger partial charge in [-0.1, -0.05) is 24.8 Å². The van der Waals surface area contributed by atoms with Crippen molar-refractivity contribution >= 4 is 5.69 Å². The molecule has 0 bridgehead atoms. The number of nitrogens with zero attached hydrogens (tertiary/aromatic N) is 2. The second kappa shape index (κ2) is 4.64. The standard InChI is InChI=1S/C12H15N2.BrH/c1-3-13-9-10-14(2,11-13)12-7-5-4-6-8-12;/h3-10H,1,11H2,2H3;1H/q+1;/p-1. The van der Waals surface area contributed by atoms with E-state index < -0.39 is 0 Å². The van der Waals surface area contributed by atoms with E-state index in [1.807, 2.05) is 12.3 Å². The van der Waals surface area contributed by atoms with Gasteiger partial charge < -0.3 is 21.9 Å². The Morgan fingerprint density at radius 1 is 1.33 bits per heavy atom. The minimum atomic E-state index is 0. The average Bonchev–Trinajstić information content (AvgIpc) is 2.63. The summed E-state index contributed by atoms with van der Waals surface area (Å²) in [6.07, 6.45) is 6.10. The van der Waals surface area contributed by atoms with Crippen LogP contribution in [-0.4, -0.2) is 18.6 Å². The van der Waals surface area contributed by atoms with Crippen molar-refractivity contribution in [3.63, 3.8) is 0 Å². The molecule has 1 aromatic carbocycles.